The maximum absolute atomic E-state index is 14.6. The Balaban J connectivity index is 1.40. The van der Waals surface area contributed by atoms with Gasteiger partial charge in [-0.2, -0.15) is 5.10 Å². The van der Waals surface area contributed by atoms with Crippen molar-refractivity contribution >= 4 is 23.6 Å². The highest BCUT2D eigenvalue weighted by Crippen LogP contribution is 2.46. The number of nitrogens with zero attached hydrogens (tertiary/aromatic N) is 4. The van der Waals surface area contributed by atoms with E-state index in [4.69, 9.17) is 18.9 Å². The summed E-state index contributed by atoms with van der Waals surface area (Å²) in [5.74, 6) is -1.72. The lowest BCUT2D eigenvalue weighted by Gasteiger charge is -2.41. The van der Waals surface area contributed by atoms with Crippen LogP contribution in [0.3, 0.4) is 0 Å². The van der Waals surface area contributed by atoms with Crippen LogP contribution in [0.5, 0.6) is 11.5 Å². The fourth-order valence-electron chi connectivity index (χ4n) is 5.98. The van der Waals surface area contributed by atoms with E-state index in [1.165, 1.54) is 18.0 Å². The number of pyridine rings is 1. The number of amides is 3. The fraction of sp³-hybridized carbons (Fsp3) is 0.361. The Kier molecular flexibility index (Phi) is 9.42. The third-order valence-electron chi connectivity index (χ3n) is 8.22. The van der Waals surface area contributed by atoms with Crippen LogP contribution in [0.1, 0.15) is 50.7 Å². The van der Waals surface area contributed by atoms with Crippen LogP contribution >= 0.6 is 0 Å². The topological polar surface area (TPSA) is 146 Å². The van der Waals surface area contributed by atoms with Gasteiger partial charge in [0, 0.05) is 47.1 Å². The quantitative estimate of drug-likeness (QED) is 0.255. The zero-order valence-electron chi connectivity index (χ0n) is 29.1. The number of rotatable bonds is 7. The lowest BCUT2D eigenvalue weighted by Crippen LogP contribution is -2.55. The number of halogens is 2. The lowest BCUT2D eigenvalue weighted by molar-refractivity contribution is -0.115. The van der Waals surface area contributed by atoms with Gasteiger partial charge in [0.2, 0.25) is 5.91 Å². The smallest absolute Gasteiger partial charge is 0.408 e. The van der Waals surface area contributed by atoms with Crippen LogP contribution in [0.4, 0.5) is 19.3 Å². The van der Waals surface area contributed by atoms with Gasteiger partial charge in [0.25, 0.3) is 5.91 Å². The first-order valence-corrected chi connectivity index (χ1v) is 16.2. The Morgan fingerprint density at radius 1 is 1.02 bits per heavy atom. The Hall–Kier alpha value is -5.57. The highest BCUT2D eigenvalue weighted by molar-refractivity contribution is 5.98. The average molecular weight is 705 g/mol. The minimum atomic E-state index is -0.814. The summed E-state index contributed by atoms with van der Waals surface area (Å²) in [5, 5.41) is 9.79. The maximum atomic E-state index is 14.6. The number of nitrogens with one attached hydrogen (secondary N) is 2. The van der Waals surface area contributed by atoms with Gasteiger partial charge in [0.15, 0.2) is 5.69 Å². The Morgan fingerprint density at radius 2 is 1.76 bits per heavy atom. The third-order valence-corrected chi connectivity index (χ3v) is 8.22. The third kappa shape index (κ3) is 7.48. The first-order chi connectivity index (χ1) is 24.1. The highest BCUT2D eigenvalue weighted by Gasteiger charge is 2.39. The van der Waals surface area contributed by atoms with E-state index < -0.39 is 34.8 Å². The molecule has 2 aliphatic rings. The maximum Gasteiger partial charge on any atom is 0.408 e. The van der Waals surface area contributed by atoms with Crippen LogP contribution in [0.15, 0.2) is 48.8 Å². The largest absolute Gasteiger partial charge is 0.496 e. The number of hydrogen-bond acceptors (Lipinski definition) is 9. The molecule has 0 unspecified atom stereocenters. The molecule has 1 fully saturated rings. The predicted octanol–water partition coefficient (Wildman–Crippen LogP) is 5.49. The van der Waals surface area contributed by atoms with Crippen molar-refractivity contribution in [2.75, 3.05) is 38.7 Å². The molecule has 0 spiro atoms. The van der Waals surface area contributed by atoms with E-state index in [9.17, 15) is 23.2 Å². The van der Waals surface area contributed by atoms with Crippen molar-refractivity contribution in [3.8, 4) is 39.6 Å². The summed E-state index contributed by atoms with van der Waals surface area (Å²) >= 11 is 0. The van der Waals surface area contributed by atoms with E-state index >= 15 is 0 Å². The minimum absolute atomic E-state index is 0.0467. The summed E-state index contributed by atoms with van der Waals surface area (Å²) in [6.45, 7) is 9.55. The number of fused-ring (bicyclic) bond motifs is 3. The number of anilines is 1. The molecule has 0 saturated carbocycles. The normalized spacial score (nSPS) is 14.9. The Morgan fingerprint density at radius 3 is 2.45 bits per heavy atom. The lowest BCUT2D eigenvalue weighted by atomic mass is 9.95. The van der Waals surface area contributed by atoms with Crippen molar-refractivity contribution < 1.29 is 42.1 Å². The molecule has 0 atom stereocenters. The number of ether oxygens (including phenoxy) is 4. The summed E-state index contributed by atoms with van der Waals surface area (Å²) in [6.07, 6.45) is 2.28. The SMILES string of the molecule is COc1cc2c(cc1-c1cncc(NC(=O)CNC(=O)OC(C)(C)C)c1)-c1c(c(C(=O)N3CCOCC3(C)C)nn1-c1cc(F)cc(F)c1)CO2. The van der Waals surface area contributed by atoms with Gasteiger partial charge in [-0.1, -0.05) is 0 Å². The number of methoxy groups -OCH3 is 1. The number of morpholine rings is 1. The fourth-order valence-corrected chi connectivity index (χ4v) is 5.98. The summed E-state index contributed by atoms with van der Waals surface area (Å²) in [5.41, 5.74) is 1.52. The predicted molar refractivity (Wildman–Crippen MR) is 182 cm³/mol. The van der Waals surface area contributed by atoms with Gasteiger partial charge in [0.05, 0.1) is 49.1 Å². The van der Waals surface area contributed by atoms with Gasteiger partial charge in [-0.15, -0.1) is 0 Å². The minimum Gasteiger partial charge on any atom is -0.496 e. The van der Waals surface area contributed by atoms with E-state index in [2.05, 4.69) is 20.7 Å². The number of carbonyl (C=O) groups excluding carboxylic acids is 3. The van der Waals surface area contributed by atoms with Gasteiger partial charge in [-0.05, 0) is 58.9 Å². The number of benzene rings is 2. The second kappa shape index (κ2) is 13.6. The number of aromatic nitrogens is 3. The summed E-state index contributed by atoms with van der Waals surface area (Å²) in [4.78, 5) is 44.8. The summed E-state index contributed by atoms with van der Waals surface area (Å²) < 4.78 is 53.2. The van der Waals surface area contributed by atoms with Crippen molar-refractivity contribution in [2.45, 2.75) is 52.4 Å². The van der Waals surface area contributed by atoms with E-state index in [-0.39, 0.29) is 30.4 Å². The zero-order chi connectivity index (χ0) is 36.7. The molecule has 6 rings (SSSR count). The second-order valence-electron chi connectivity index (χ2n) is 13.7. The Bertz CT molecular complexity index is 2000. The molecule has 4 heterocycles. The van der Waals surface area contributed by atoms with E-state index in [1.807, 2.05) is 13.8 Å². The molecule has 2 N–H and O–H groups in total. The molecule has 4 aromatic rings. The van der Waals surface area contributed by atoms with Gasteiger partial charge >= 0.3 is 6.09 Å². The monoisotopic (exact) mass is 704 g/mol. The van der Waals surface area contributed by atoms with Crippen molar-refractivity contribution in [1.82, 2.24) is 25.0 Å². The molecule has 1 saturated heterocycles. The molecule has 2 aromatic carbocycles. The molecule has 268 valence electrons. The van der Waals surface area contributed by atoms with Crippen molar-refractivity contribution in [2.24, 2.45) is 0 Å². The second-order valence-corrected chi connectivity index (χ2v) is 13.7. The summed E-state index contributed by atoms with van der Waals surface area (Å²) in [7, 11) is 1.49. The first-order valence-electron chi connectivity index (χ1n) is 16.2. The standard InChI is InChI=1S/C36H38F2N6O7/c1-35(2,3)51-34(47)40-17-30(45)41-23-9-20(15-39-16-23)25-13-26-29(14-28(25)48-6)50-18-27-31(33(46)43-7-8-49-19-36(43,4)5)42-44(32(26)27)24-11-21(37)10-22(38)12-24/h9-16H,7-8,17-19H2,1-6H3,(H,40,47)(H,41,45). The van der Waals surface area contributed by atoms with Crippen molar-refractivity contribution in [3.05, 3.63) is 71.7 Å². The number of hydrogen-bond donors (Lipinski definition) is 2. The molecular weight excluding hydrogens is 666 g/mol. The molecule has 15 heteroatoms. The first kappa shape index (κ1) is 35.3. The molecule has 13 nitrogen and oxygen atoms in total. The van der Waals surface area contributed by atoms with Crippen LogP contribution in [-0.4, -0.2) is 82.1 Å². The molecular formula is C36H38F2N6O7. The average Bonchev–Trinajstić information content (AvgIpc) is 3.45. The van der Waals surface area contributed by atoms with Crippen LogP contribution in [-0.2, 0) is 20.9 Å². The van der Waals surface area contributed by atoms with Crippen LogP contribution in [0, 0.1) is 11.6 Å². The zero-order valence-corrected chi connectivity index (χ0v) is 29.1. The Labute approximate surface area is 292 Å². The van der Waals surface area contributed by atoms with Gasteiger partial charge < -0.3 is 34.5 Å². The molecule has 2 aliphatic heterocycles. The number of carbonyl (C=O) groups is 3. The highest BCUT2D eigenvalue weighted by atomic mass is 19.1. The molecule has 0 aliphatic carbocycles. The summed E-state index contributed by atoms with van der Waals surface area (Å²) in [6, 6.07) is 8.11. The molecule has 3 amide bonds. The van der Waals surface area contributed by atoms with Crippen molar-refractivity contribution in [3.63, 3.8) is 0 Å². The van der Waals surface area contributed by atoms with E-state index in [1.54, 1.807) is 50.1 Å². The molecule has 0 bridgehead atoms. The van der Waals surface area contributed by atoms with Crippen LogP contribution in [0.25, 0.3) is 28.1 Å². The van der Waals surface area contributed by atoms with Gasteiger partial charge in [0.1, 0.15) is 41.9 Å². The van der Waals surface area contributed by atoms with E-state index in [0.29, 0.717) is 64.9 Å². The van der Waals surface area contributed by atoms with Crippen molar-refractivity contribution in [1.29, 1.82) is 0 Å². The van der Waals surface area contributed by atoms with Crippen LogP contribution in [0.2, 0.25) is 0 Å². The molecule has 2 aromatic heterocycles. The number of alkyl carbamates (subject to hydrolysis) is 1. The molecule has 51 heavy (non-hydrogen) atoms. The van der Waals surface area contributed by atoms with E-state index in [0.717, 1.165) is 18.2 Å². The van der Waals surface area contributed by atoms with Gasteiger partial charge in [-0.3, -0.25) is 14.6 Å². The van der Waals surface area contributed by atoms with Crippen LogP contribution < -0.4 is 20.1 Å². The van der Waals surface area contributed by atoms with Gasteiger partial charge in [-0.25, -0.2) is 18.3 Å². The molecule has 0 radical (unpaired) electrons.